The van der Waals surface area contributed by atoms with Crippen LogP contribution in [0.5, 0.6) is 0 Å². The molecule has 1 saturated heterocycles. The van der Waals surface area contributed by atoms with Gasteiger partial charge in [0.05, 0.1) is 21.0 Å². The molecule has 1 aliphatic heterocycles. The standard InChI is InChI=1S/C21H23N3O2S/c1-23(2)17-11-12-24(15-17)20-10-6-7-16-13-19(14-22-21(16)20)27(25,26)18-8-4-3-5-9-18/h3-10,13-14,17H,11-12,15H2,1-2H3/t17-/m1/s1. The first kappa shape index (κ1) is 17.9. The topological polar surface area (TPSA) is 53.5 Å². The van der Waals surface area contributed by atoms with Gasteiger partial charge in [0.2, 0.25) is 9.84 Å². The summed E-state index contributed by atoms with van der Waals surface area (Å²) < 4.78 is 25.8. The average Bonchev–Trinajstić information content (AvgIpc) is 3.18. The van der Waals surface area contributed by atoms with Crippen molar-refractivity contribution in [2.45, 2.75) is 22.3 Å². The maximum atomic E-state index is 12.9. The summed E-state index contributed by atoms with van der Waals surface area (Å²) in [7, 11) is 0.650. The number of fused-ring (bicyclic) bond motifs is 1. The van der Waals surface area contributed by atoms with E-state index in [1.165, 1.54) is 6.20 Å². The summed E-state index contributed by atoms with van der Waals surface area (Å²) in [6, 6.07) is 16.7. The molecule has 1 aromatic heterocycles. The lowest BCUT2D eigenvalue weighted by molar-refractivity contribution is 0.315. The summed E-state index contributed by atoms with van der Waals surface area (Å²) in [4.78, 5) is 9.66. The Morgan fingerprint density at radius 2 is 1.81 bits per heavy atom. The molecule has 0 N–H and O–H groups in total. The maximum absolute atomic E-state index is 12.9. The van der Waals surface area contributed by atoms with Gasteiger partial charge >= 0.3 is 0 Å². The Bertz CT molecular complexity index is 1070. The SMILES string of the molecule is CN(C)[C@@H]1CCN(c2cccc3cc(S(=O)(=O)c4ccccc4)cnc23)C1. The summed E-state index contributed by atoms with van der Waals surface area (Å²) >= 11 is 0. The Morgan fingerprint density at radius 1 is 1.04 bits per heavy atom. The van der Waals surface area contributed by atoms with E-state index in [9.17, 15) is 8.42 Å². The zero-order chi connectivity index (χ0) is 19.0. The van der Waals surface area contributed by atoms with E-state index in [1.807, 2.05) is 12.1 Å². The molecule has 1 aliphatic rings. The quantitative estimate of drug-likeness (QED) is 0.695. The van der Waals surface area contributed by atoms with Crippen molar-refractivity contribution in [3.63, 3.8) is 0 Å². The monoisotopic (exact) mass is 381 g/mol. The Balaban J connectivity index is 1.73. The number of anilines is 1. The Labute approximate surface area is 160 Å². The van der Waals surface area contributed by atoms with Gasteiger partial charge in [-0.3, -0.25) is 4.98 Å². The molecule has 1 fully saturated rings. The van der Waals surface area contributed by atoms with Gasteiger partial charge in [0.25, 0.3) is 0 Å². The fourth-order valence-electron chi connectivity index (χ4n) is 3.64. The molecule has 6 heteroatoms. The molecular weight excluding hydrogens is 358 g/mol. The predicted octanol–water partition coefficient (Wildman–Crippen LogP) is 3.21. The Hall–Kier alpha value is -2.44. The van der Waals surface area contributed by atoms with E-state index in [-0.39, 0.29) is 9.79 Å². The lowest BCUT2D eigenvalue weighted by Crippen LogP contribution is -2.31. The summed E-state index contributed by atoms with van der Waals surface area (Å²) in [6.07, 6.45) is 2.59. The third-order valence-electron chi connectivity index (χ3n) is 5.26. The summed E-state index contributed by atoms with van der Waals surface area (Å²) in [6.45, 7) is 1.94. The van der Waals surface area contributed by atoms with E-state index >= 15 is 0 Å². The highest BCUT2D eigenvalue weighted by molar-refractivity contribution is 7.91. The minimum atomic E-state index is -3.57. The van der Waals surface area contributed by atoms with Crippen LogP contribution in [0.1, 0.15) is 6.42 Å². The molecule has 0 bridgehead atoms. The lowest BCUT2D eigenvalue weighted by atomic mass is 10.2. The number of benzene rings is 2. The number of nitrogens with zero attached hydrogens (tertiary/aromatic N) is 3. The summed E-state index contributed by atoms with van der Waals surface area (Å²) in [5.41, 5.74) is 1.92. The van der Waals surface area contributed by atoms with Crippen LogP contribution in [-0.2, 0) is 9.84 Å². The van der Waals surface area contributed by atoms with Crippen molar-refractivity contribution >= 4 is 26.4 Å². The minimum Gasteiger partial charge on any atom is -0.368 e. The predicted molar refractivity (Wildman–Crippen MR) is 108 cm³/mol. The Kier molecular flexibility index (Phi) is 4.61. The molecule has 0 saturated carbocycles. The van der Waals surface area contributed by atoms with Crippen molar-refractivity contribution in [2.75, 3.05) is 32.1 Å². The Morgan fingerprint density at radius 3 is 2.52 bits per heavy atom. The van der Waals surface area contributed by atoms with Gasteiger partial charge in [0, 0.05) is 30.7 Å². The third-order valence-corrected chi connectivity index (χ3v) is 7.00. The molecule has 0 aliphatic carbocycles. The van der Waals surface area contributed by atoms with Crippen LogP contribution in [0.3, 0.4) is 0 Å². The molecule has 0 unspecified atom stereocenters. The van der Waals surface area contributed by atoms with Crippen molar-refractivity contribution in [3.8, 4) is 0 Å². The number of pyridine rings is 1. The highest BCUT2D eigenvalue weighted by Crippen LogP contribution is 2.31. The van der Waals surface area contributed by atoms with Crippen LogP contribution in [0.25, 0.3) is 10.9 Å². The number of hydrogen-bond donors (Lipinski definition) is 0. The van der Waals surface area contributed by atoms with Crippen LogP contribution in [-0.4, -0.2) is 51.5 Å². The van der Waals surface area contributed by atoms with Gasteiger partial charge < -0.3 is 9.80 Å². The van der Waals surface area contributed by atoms with Gasteiger partial charge in [-0.05, 0) is 44.8 Å². The molecule has 1 atom stereocenters. The second-order valence-corrected chi connectivity index (χ2v) is 9.14. The van der Waals surface area contributed by atoms with Crippen molar-refractivity contribution in [1.29, 1.82) is 0 Å². The number of hydrogen-bond acceptors (Lipinski definition) is 5. The van der Waals surface area contributed by atoms with E-state index in [0.29, 0.717) is 6.04 Å². The van der Waals surface area contributed by atoms with E-state index in [0.717, 1.165) is 36.1 Å². The first-order valence-corrected chi connectivity index (χ1v) is 10.6. The average molecular weight is 382 g/mol. The first-order chi connectivity index (χ1) is 13.0. The van der Waals surface area contributed by atoms with Crippen molar-refractivity contribution in [3.05, 3.63) is 60.8 Å². The smallest absolute Gasteiger partial charge is 0.208 e. The fourth-order valence-corrected chi connectivity index (χ4v) is 4.91. The minimum absolute atomic E-state index is 0.228. The van der Waals surface area contributed by atoms with Gasteiger partial charge in [0.1, 0.15) is 0 Å². The zero-order valence-electron chi connectivity index (χ0n) is 15.5. The maximum Gasteiger partial charge on any atom is 0.208 e. The van der Waals surface area contributed by atoms with Crippen LogP contribution in [0.4, 0.5) is 5.69 Å². The van der Waals surface area contributed by atoms with Crippen LogP contribution >= 0.6 is 0 Å². The molecule has 0 radical (unpaired) electrons. The molecular formula is C21H23N3O2S. The third kappa shape index (κ3) is 3.31. The van der Waals surface area contributed by atoms with Crippen LogP contribution in [0, 0.1) is 0 Å². The van der Waals surface area contributed by atoms with Gasteiger partial charge in [-0.25, -0.2) is 8.42 Å². The number of likely N-dealkylation sites (N-methyl/N-ethyl adjacent to an activating group) is 1. The van der Waals surface area contributed by atoms with Gasteiger partial charge in [0.15, 0.2) is 0 Å². The second kappa shape index (κ2) is 6.94. The van der Waals surface area contributed by atoms with Crippen molar-refractivity contribution in [2.24, 2.45) is 0 Å². The number of rotatable bonds is 4. The van der Waals surface area contributed by atoms with E-state index in [2.05, 4.69) is 34.9 Å². The van der Waals surface area contributed by atoms with Crippen LogP contribution in [0.2, 0.25) is 0 Å². The molecule has 2 heterocycles. The summed E-state index contributed by atoms with van der Waals surface area (Å²) in [5, 5.41) is 0.845. The van der Waals surface area contributed by atoms with E-state index in [4.69, 9.17) is 0 Å². The zero-order valence-corrected chi connectivity index (χ0v) is 16.4. The molecule has 4 rings (SSSR count). The molecule has 3 aromatic rings. The molecule has 0 spiro atoms. The van der Waals surface area contributed by atoms with Gasteiger partial charge in [-0.15, -0.1) is 0 Å². The molecule has 0 amide bonds. The first-order valence-electron chi connectivity index (χ1n) is 9.07. The largest absolute Gasteiger partial charge is 0.368 e. The molecule has 27 heavy (non-hydrogen) atoms. The van der Waals surface area contributed by atoms with E-state index in [1.54, 1.807) is 36.4 Å². The number of para-hydroxylation sites is 1. The molecule has 5 nitrogen and oxygen atoms in total. The van der Waals surface area contributed by atoms with Crippen LogP contribution in [0.15, 0.2) is 70.6 Å². The highest BCUT2D eigenvalue weighted by Gasteiger charge is 2.26. The number of aromatic nitrogens is 1. The highest BCUT2D eigenvalue weighted by atomic mass is 32.2. The molecule has 2 aromatic carbocycles. The normalized spacial score (nSPS) is 17.7. The number of sulfone groups is 1. The lowest BCUT2D eigenvalue weighted by Gasteiger charge is -2.22. The van der Waals surface area contributed by atoms with Gasteiger partial charge in [-0.1, -0.05) is 30.3 Å². The summed E-state index contributed by atoms with van der Waals surface area (Å²) in [5.74, 6) is 0. The van der Waals surface area contributed by atoms with E-state index < -0.39 is 9.84 Å². The van der Waals surface area contributed by atoms with Crippen molar-refractivity contribution in [1.82, 2.24) is 9.88 Å². The van der Waals surface area contributed by atoms with Crippen LogP contribution < -0.4 is 4.90 Å². The van der Waals surface area contributed by atoms with Gasteiger partial charge in [-0.2, -0.15) is 0 Å². The fraction of sp³-hybridized carbons (Fsp3) is 0.286. The second-order valence-electron chi connectivity index (χ2n) is 7.19. The van der Waals surface area contributed by atoms with Crippen molar-refractivity contribution < 1.29 is 8.42 Å². The molecule has 140 valence electrons.